The summed E-state index contributed by atoms with van der Waals surface area (Å²) < 4.78 is 36.9. The number of carbonyl (C=O) groups excluding carboxylic acids is 1. The van der Waals surface area contributed by atoms with E-state index in [1.807, 2.05) is 53.7 Å². The molecule has 15 heteroatoms. The van der Waals surface area contributed by atoms with Crippen LogP contribution < -0.4 is 9.46 Å². The van der Waals surface area contributed by atoms with Crippen molar-refractivity contribution in [2.45, 2.75) is 56.7 Å². The van der Waals surface area contributed by atoms with Crippen LogP contribution in [0.4, 0.5) is 11.4 Å². The van der Waals surface area contributed by atoms with Crippen LogP contribution >= 0.6 is 0 Å². The van der Waals surface area contributed by atoms with Crippen LogP contribution in [0.2, 0.25) is 0 Å². The number of nitrogens with zero attached hydrogens (tertiary/aromatic N) is 3. The van der Waals surface area contributed by atoms with Crippen LogP contribution in [0.25, 0.3) is 0 Å². The maximum absolute atomic E-state index is 13.1. The van der Waals surface area contributed by atoms with Crippen molar-refractivity contribution in [3.05, 3.63) is 121 Å². The van der Waals surface area contributed by atoms with Crippen molar-refractivity contribution in [2.24, 2.45) is 0 Å². The first-order valence-electron chi connectivity index (χ1n) is 14.0. The van der Waals surface area contributed by atoms with Crippen LogP contribution in [-0.2, 0) is 31.7 Å². The second-order valence-electron chi connectivity index (χ2n) is 11.2. The number of nitrogens with one attached hydrogen (secondary N) is 1. The zero-order valence-electron chi connectivity index (χ0n) is 26.8. The molecule has 248 valence electrons. The van der Waals surface area contributed by atoms with Gasteiger partial charge in [0.2, 0.25) is 5.88 Å². The fourth-order valence-corrected chi connectivity index (χ4v) is 5.67. The lowest BCUT2D eigenvalue weighted by Gasteiger charge is -2.21. The number of rotatable bonds is 9. The molecule has 1 amide bonds. The zero-order valence-corrected chi connectivity index (χ0v) is 28.4. The van der Waals surface area contributed by atoms with Gasteiger partial charge in [-0.2, -0.15) is 0 Å². The van der Waals surface area contributed by atoms with Gasteiger partial charge in [-0.1, -0.05) is 50.6 Å². The third kappa shape index (κ3) is 9.81. The van der Waals surface area contributed by atoms with Crippen molar-refractivity contribution >= 4 is 39.3 Å². The predicted molar refractivity (Wildman–Crippen MR) is 177 cm³/mol. The minimum atomic E-state index is -2.02. The number of benzene rings is 3. The summed E-state index contributed by atoms with van der Waals surface area (Å²) in [5, 5.41) is 21.4. The van der Waals surface area contributed by atoms with Gasteiger partial charge in [0.15, 0.2) is 22.1 Å². The van der Waals surface area contributed by atoms with Gasteiger partial charge in [-0.25, -0.2) is 13.4 Å². The molecule has 0 bridgehead atoms. The third-order valence-electron chi connectivity index (χ3n) is 6.48. The Kier molecular flexibility index (Phi) is 12.2. The van der Waals surface area contributed by atoms with E-state index in [2.05, 4.69) is 13.9 Å². The predicted octanol–water partition coefficient (Wildman–Crippen LogP) is 6.72. The van der Waals surface area contributed by atoms with Crippen molar-refractivity contribution in [3.8, 4) is 11.6 Å². The van der Waals surface area contributed by atoms with E-state index < -0.39 is 37.8 Å². The molecule has 4 rings (SSSR count). The monoisotopic (exact) mass is 682 g/mol. The number of hydrogen-bond acceptors (Lipinski definition) is 10. The van der Waals surface area contributed by atoms with E-state index in [1.54, 1.807) is 12.1 Å². The molecule has 0 spiro atoms. The van der Waals surface area contributed by atoms with E-state index in [9.17, 15) is 33.4 Å². The number of aromatic nitrogens is 1. The highest BCUT2D eigenvalue weighted by Crippen LogP contribution is 2.33. The minimum absolute atomic E-state index is 0.0935. The lowest BCUT2D eigenvalue weighted by atomic mass is 9.91. The molecule has 0 aliphatic rings. The van der Waals surface area contributed by atoms with E-state index in [0.717, 1.165) is 28.5 Å². The van der Waals surface area contributed by atoms with Crippen LogP contribution in [0.15, 0.2) is 82.6 Å². The first-order valence-corrected chi connectivity index (χ1v) is 16.2. The summed E-state index contributed by atoms with van der Waals surface area (Å²) in [5.74, 6) is 0.0178. The van der Waals surface area contributed by atoms with E-state index in [1.165, 1.54) is 49.6 Å². The number of amides is 1. The molecule has 4 aromatic rings. The Morgan fingerprint density at radius 1 is 0.830 bits per heavy atom. The van der Waals surface area contributed by atoms with E-state index >= 15 is 0 Å². The minimum Gasteiger partial charge on any atom is -0.438 e. The maximum Gasteiger partial charge on any atom is 0.270 e. The molecule has 0 saturated carbocycles. The summed E-state index contributed by atoms with van der Waals surface area (Å²) in [6.45, 7) is 11.8. The Morgan fingerprint density at radius 2 is 1.36 bits per heavy atom. The molecule has 0 radical (unpaired) electrons. The van der Waals surface area contributed by atoms with Crippen molar-refractivity contribution in [1.82, 2.24) is 9.71 Å². The van der Waals surface area contributed by atoms with Gasteiger partial charge in [0.05, 0.1) is 26.7 Å². The summed E-state index contributed by atoms with van der Waals surface area (Å²) >= 11 is -1.62. The van der Waals surface area contributed by atoms with Gasteiger partial charge in [-0.3, -0.25) is 33.9 Å². The Hall–Kier alpha value is -4.86. The van der Waals surface area contributed by atoms with Crippen LogP contribution in [0.3, 0.4) is 0 Å². The fourth-order valence-electron chi connectivity index (χ4n) is 4.24. The Labute approximate surface area is 276 Å². The Bertz CT molecular complexity index is 1850. The first-order chi connectivity index (χ1) is 22.0. The first kappa shape index (κ1) is 36.6. The molecule has 1 N–H and O–H groups in total. The van der Waals surface area contributed by atoms with Crippen LogP contribution in [0.1, 0.15) is 53.5 Å². The SMILES string of the molecule is COS(=O)c1cccc([N+](=O)[O-])c1.Cc1cc(C)c(Oc2nc(C(C)(C)C)ccc2C(=O)NS(=O)c2cccc([N+](=O)[O-])c2)c(C)c1. The molecule has 2 atom stereocenters. The second-order valence-corrected chi connectivity index (χ2v) is 13.7. The standard InChI is InChI=1S/C25H27N3O5S.C7H7NO4S/c1-15-12-16(2)22(17(3)13-15)33-24-20(10-11-21(26-24)25(4,5)6)23(29)27-34(32)19-9-7-8-18(14-19)28(30)31;1-12-13(11)7-4-2-3-6(5-7)8(9)10/h7-14H,1-6H3,(H,27,29);2-5H,1H3. The smallest absolute Gasteiger partial charge is 0.270 e. The largest absolute Gasteiger partial charge is 0.438 e. The molecule has 0 aliphatic heterocycles. The van der Waals surface area contributed by atoms with E-state index in [-0.39, 0.29) is 38.0 Å². The van der Waals surface area contributed by atoms with Crippen molar-refractivity contribution < 1.29 is 32.0 Å². The fraction of sp³-hybridized carbons (Fsp3) is 0.250. The zero-order chi connectivity index (χ0) is 35.1. The van der Waals surface area contributed by atoms with Gasteiger partial charge in [-0.05, 0) is 56.2 Å². The van der Waals surface area contributed by atoms with Gasteiger partial charge in [0.1, 0.15) is 11.3 Å². The maximum atomic E-state index is 13.1. The number of hydrogen-bond donors (Lipinski definition) is 1. The molecular weight excluding hydrogens is 649 g/mol. The number of ether oxygens (including phenoxy) is 1. The number of non-ortho nitro benzene ring substituents is 2. The van der Waals surface area contributed by atoms with Gasteiger partial charge in [0.25, 0.3) is 17.3 Å². The normalized spacial score (nSPS) is 12.2. The van der Waals surface area contributed by atoms with Crippen LogP contribution in [-0.4, -0.2) is 36.3 Å². The highest BCUT2D eigenvalue weighted by Gasteiger charge is 2.24. The summed E-state index contributed by atoms with van der Waals surface area (Å²) in [5.41, 5.74) is 3.10. The molecule has 1 heterocycles. The lowest BCUT2D eigenvalue weighted by molar-refractivity contribution is -0.385. The molecule has 47 heavy (non-hydrogen) atoms. The average Bonchev–Trinajstić information content (AvgIpc) is 3.02. The molecule has 13 nitrogen and oxygen atoms in total. The number of nitro benzene ring substituents is 2. The topological polar surface area (TPSA) is 181 Å². The van der Waals surface area contributed by atoms with Crippen molar-refractivity contribution in [3.63, 3.8) is 0 Å². The number of nitro groups is 2. The number of aryl methyl sites for hydroxylation is 3. The summed E-state index contributed by atoms with van der Waals surface area (Å²) in [6.07, 6.45) is 0. The van der Waals surface area contributed by atoms with E-state index in [0.29, 0.717) is 5.75 Å². The van der Waals surface area contributed by atoms with E-state index in [4.69, 9.17) is 4.74 Å². The van der Waals surface area contributed by atoms with Crippen LogP contribution in [0, 0.1) is 41.0 Å². The van der Waals surface area contributed by atoms with Crippen molar-refractivity contribution in [1.29, 1.82) is 0 Å². The Balaban J connectivity index is 0.000000386. The Morgan fingerprint density at radius 3 is 1.87 bits per heavy atom. The number of carbonyl (C=O) groups is 1. The second kappa shape index (κ2) is 15.6. The molecule has 0 aliphatic carbocycles. The molecule has 3 aromatic carbocycles. The molecular formula is C32H34N4O9S2. The van der Waals surface area contributed by atoms with Gasteiger partial charge >= 0.3 is 0 Å². The van der Waals surface area contributed by atoms with Gasteiger partial charge in [-0.15, -0.1) is 0 Å². The average molecular weight is 683 g/mol. The summed E-state index contributed by atoms with van der Waals surface area (Å²) in [4.78, 5) is 38.3. The van der Waals surface area contributed by atoms with Crippen molar-refractivity contribution in [2.75, 3.05) is 7.11 Å². The van der Waals surface area contributed by atoms with Gasteiger partial charge < -0.3 is 4.74 Å². The molecule has 0 fully saturated rings. The highest BCUT2D eigenvalue weighted by molar-refractivity contribution is 7.83. The third-order valence-corrected chi connectivity index (χ3v) is 8.47. The summed E-state index contributed by atoms with van der Waals surface area (Å²) in [7, 11) is -0.744. The summed E-state index contributed by atoms with van der Waals surface area (Å²) in [6, 6.07) is 18.1. The number of pyridine rings is 1. The van der Waals surface area contributed by atoms with Crippen LogP contribution in [0.5, 0.6) is 11.6 Å². The molecule has 2 unspecified atom stereocenters. The molecule has 0 saturated heterocycles. The lowest BCUT2D eigenvalue weighted by Crippen LogP contribution is -2.27. The quantitative estimate of drug-likeness (QED) is 0.147. The highest BCUT2D eigenvalue weighted by atomic mass is 32.2. The van der Waals surface area contributed by atoms with Gasteiger partial charge in [0, 0.05) is 35.4 Å². The molecule has 1 aromatic heterocycles.